The van der Waals surface area contributed by atoms with E-state index in [1.165, 1.54) is 11.9 Å². The molecule has 1 unspecified atom stereocenters. The summed E-state index contributed by atoms with van der Waals surface area (Å²) in [6.45, 7) is 3.94. The van der Waals surface area contributed by atoms with Crippen molar-refractivity contribution in [2.45, 2.75) is 77.3 Å². The summed E-state index contributed by atoms with van der Waals surface area (Å²) in [5.74, 6) is -1.67. The SMILES string of the molecule is CC(C)C[C@H](NC(=O)C(CCCCCc1ccccc1)Cc1ccccc1)C(=O)C(=O)[C@@H](N)Cc1cnc[nH]1. The van der Waals surface area contributed by atoms with Crippen molar-refractivity contribution in [1.29, 1.82) is 0 Å². The van der Waals surface area contributed by atoms with Gasteiger partial charge in [0.05, 0.1) is 18.4 Å². The highest BCUT2D eigenvalue weighted by molar-refractivity contribution is 6.41. The molecule has 0 saturated carbocycles. The lowest BCUT2D eigenvalue weighted by Crippen LogP contribution is -2.51. The molecule has 0 radical (unpaired) electrons. The van der Waals surface area contributed by atoms with E-state index in [9.17, 15) is 14.4 Å². The van der Waals surface area contributed by atoms with Gasteiger partial charge in [-0.2, -0.15) is 0 Å². The Kier molecular flexibility index (Phi) is 12.1. The molecular formula is C32H42N4O3. The molecule has 3 atom stereocenters. The smallest absolute Gasteiger partial charge is 0.224 e. The summed E-state index contributed by atoms with van der Waals surface area (Å²) in [6.07, 6.45) is 8.95. The monoisotopic (exact) mass is 530 g/mol. The number of hydrogen-bond donors (Lipinski definition) is 3. The van der Waals surface area contributed by atoms with E-state index >= 15 is 0 Å². The zero-order valence-corrected chi connectivity index (χ0v) is 23.1. The molecule has 0 spiro atoms. The summed E-state index contributed by atoms with van der Waals surface area (Å²) in [5, 5.41) is 2.94. The molecule has 1 amide bonds. The van der Waals surface area contributed by atoms with Crippen LogP contribution in [-0.4, -0.2) is 39.5 Å². The van der Waals surface area contributed by atoms with Crippen molar-refractivity contribution in [3.63, 3.8) is 0 Å². The molecule has 39 heavy (non-hydrogen) atoms. The lowest BCUT2D eigenvalue weighted by molar-refractivity contribution is -0.140. The molecule has 0 fully saturated rings. The molecule has 4 N–H and O–H groups in total. The van der Waals surface area contributed by atoms with Gasteiger partial charge in [-0.3, -0.25) is 14.4 Å². The van der Waals surface area contributed by atoms with Crippen LogP contribution < -0.4 is 11.1 Å². The molecular weight excluding hydrogens is 488 g/mol. The van der Waals surface area contributed by atoms with Crippen LogP contribution in [0.2, 0.25) is 0 Å². The minimum atomic E-state index is -0.991. The van der Waals surface area contributed by atoms with E-state index in [1.54, 1.807) is 6.20 Å². The van der Waals surface area contributed by atoms with Crippen LogP contribution in [0.4, 0.5) is 0 Å². The number of imidazole rings is 1. The van der Waals surface area contributed by atoms with Gasteiger partial charge in [0.2, 0.25) is 17.5 Å². The Bertz CT molecular complexity index is 1150. The molecule has 208 valence electrons. The third-order valence-electron chi connectivity index (χ3n) is 6.97. The first-order chi connectivity index (χ1) is 18.8. The van der Waals surface area contributed by atoms with Gasteiger partial charge in [-0.05, 0) is 49.1 Å². The molecule has 0 saturated heterocycles. The molecule has 7 heteroatoms. The van der Waals surface area contributed by atoms with Crippen molar-refractivity contribution in [1.82, 2.24) is 15.3 Å². The van der Waals surface area contributed by atoms with Crippen LogP contribution in [-0.2, 0) is 33.6 Å². The number of Topliss-reactive ketones (excluding diaryl/α,β-unsaturated/α-hetero) is 2. The number of benzene rings is 2. The Morgan fingerprint density at radius 2 is 1.54 bits per heavy atom. The first-order valence-electron chi connectivity index (χ1n) is 14.0. The molecule has 0 aliphatic rings. The Hall–Kier alpha value is -3.58. The van der Waals surface area contributed by atoms with Gasteiger partial charge in [0, 0.05) is 24.2 Å². The van der Waals surface area contributed by atoms with E-state index in [0.717, 1.165) is 31.2 Å². The Balaban J connectivity index is 1.63. The number of aromatic amines is 1. The van der Waals surface area contributed by atoms with Gasteiger partial charge >= 0.3 is 0 Å². The maximum absolute atomic E-state index is 13.6. The van der Waals surface area contributed by atoms with E-state index in [1.807, 2.05) is 50.2 Å². The molecule has 0 bridgehead atoms. The minimum absolute atomic E-state index is 0.112. The number of carbonyl (C=O) groups excluding carboxylic acids is 3. The van der Waals surface area contributed by atoms with Gasteiger partial charge in [0.25, 0.3) is 0 Å². The molecule has 7 nitrogen and oxygen atoms in total. The predicted molar refractivity (Wildman–Crippen MR) is 154 cm³/mol. The zero-order valence-electron chi connectivity index (χ0n) is 23.1. The van der Waals surface area contributed by atoms with Crippen LogP contribution in [0.1, 0.15) is 62.8 Å². The summed E-state index contributed by atoms with van der Waals surface area (Å²) in [7, 11) is 0. The summed E-state index contributed by atoms with van der Waals surface area (Å²) < 4.78 is 0. The van der Waals surface area contributed by atoms with Crippen LogP contribution in [0.5, 0.6) is 0 Å². The Morgan fingerprint density at radius 3 is 2.15 bits per heavy atom. The topological polar surface area (TPSA) is 118 Å². The normalized spacial score (nSPS) is 13.5. The number of carbonyl (C=O) groups is 3. The van der Waals surface area contributed by atoms with Crippen LogP contribution >= 0.6 is 0 Å². The van der Waals surface area contributed by atoms with Gasteiger partial charge in [0.15, 0.2) is 0 Å². The van der Waals surface area contributed by atoms with E-state index in [4.69, 9.17) is 5.73 Å². The number of rotatable bonds is 17. The third-order valence-corrected chi connectivity index (χ3v) is 6.97. The highest BCUT2D eigenvalue weighted by Gasteiger charge is 2.32. The largest absolute Gasteiger partial charge is 0.348 e. The number of nitrogens with one attached hydrogen (secondary N) is 2. The number of nitrogens with two attached hydrogens (primary N) is 1. The van der Waals surface area contributed by atoms with Gasteiger partial charge in [-0.15, -0.1) is 0 Å². The number of hydrogen-bond acceptors (Lipinski definition) is 5. The zero-order chi connectivity index (χ0) is 28.0. The van der Waals surface area contributed by atoms with Crippen LogP contribution in [0.25, 0.3) is 0 Å². The highest BCUT2D eigenvalue weighted by atomic mass is 16.2. The summed E-state index contributed by atoms with van der Waals surface area (Å²) in [6, 6.07) is 18.5. The van der Waals surface area contributed by atoms with E-state index in [-0.39, 0.29) is 24.2 Å². The number of H-pyrrole nitrogens is 1. The van der Waals surface area contributed by atoms with Crippen molar-refractivity contribution < 1.29 is 14.4 Å². The average Bonchev–Trinajstić information content (AvgIpc) is 3.45. The lowest BCUT2D eigenvalue weighted by Gasteiger charge is -2.24. The standard InChI is InChI=1S/C32H42N4O3/c1-23(2)18-29(31(38)30(37)28(33)20-27-21-34-22-35-27)36-32(39)26(19-25-15-9-4-10-16-25)17-11-5-8-14-24-12-6-3-7-13-24/h3-4,6-7,9-10,12-13,15-16,21-23,26,28-29H,5,8,11,14,17-20,33H2,1-2H3,(H,34,35)(H,36,39)/t26?,28-,29-/m0/s1. The molecule has 1 aromatic heterocycles. The second-order valence-corrected chi connectivity index (χ2v) is 10.8. The number of nitrogens with zero attached hydrogens (tertiary/aromatic N) is 1. The van der Waals surface area contributed by atoms with Crippen molar-refractivity contribution >= 4 is 17.5 Å². The van der Waals surface area contributed by atoms with Crippen LogP contribution in [0, 0.1) is 11.8 Å². The molecule has 3 rings (SSSR count). The first-order valence-corrected chi connectivity index (χ1v) is 14.0. The highest BCUT2D eigenvalue weighted by Crippen LogP contribution is 2.19. The number of aryl methyl sites for hydroxylation is 1. The fourth-order valence-corrected chi connectivity index (χ4v) is 4.84. The van der Waals surface area contributed by atoms with Crippen LogP contribution in [0.3, 0.4) is 0 Å². The van der Waals surface area contributed by atoms with Crippen molar-refractivity contribution in [2.75, 3.05) is 0 Å². The average molecular weight is 531 g/mol. The minimum Gasteiger partial charge on any atom is -0.348 e. The summed E-state index contributed by atoms with van der Waals surface area (Å²) in [4.78, 5) is 46.6. The van der Waals surface area contributed by atoms with E-state index in [0.29, 0.717) is 25.0 Å². The number of unbranched alkanes of at least 4 members (excludes halogenated alkanes) is 2. The number of amides is 1. The third kappa shape index (κ3) is 10.2. The maximum Gasteiger partial charge on any atom is 0.224 e. The molecule has 1 heterocycles. The fourth-order valence-electron chi connectivity index (χ4n) is 4.84. The lowest BCUT2D eigenvalue weighted by atomic mass is 9.90. The second kappa shape index (κ2) is 15.7. The molecule has 3 aromatic rings. The van der Waals surface area contributed by atoms with Gasteiger partial charge in [-0.25, -0.2) is 4.98 Å². The van der Waals surface area contributed by atoms with Gasteiger partial charge in [-0.1, -0.05) is 87.4 Å². The number of ketones is 2. The summed E-state index contributed by atoms with van der Waals surface area (Å²) in [5.41, 5.74) is 9.16. The van der Waals surface area contributed by atoms with E-state index < -0.39 is 23.7 Å². The van der Waals surface area contributed by atoms with Crippen molar-refractivity contribution in [3.8, 4) is 0 Å². The molecule has 0 aliphatic carbocycles. The first kappa shape index (κ1) is 30.0. The predicted octanol–water partition coefficient (Wildman–Crippen LogP) is 4.61. The Morgan fingerprint density at radius 1 is 0.872 bits per heavy atom. The van der Waals surface area contributed by atoms with Crippen LogP contribution in [0.15, 0.2) is 73.2 Å². The quantitative estimate of drug-likeness (QED) is 0.174. The van der Waals surface area contributed by atoms with E-state index in [2.05, 4.69) is 39.6 Å². The molecule has 0 aliphatic heterocycles. The van der Waals surface area contributed by atoms with Crippen molar-refractivity contribution in [2.24, 2.45) is 17.6 Å². The molecule has 2 aromatic carbocycles. The van der Waals surface area contributed by atoms with Gasteiger partial charge in [0.1, 0.15) is 0 Å². The maximum atomic E-state index is 13.6. The number of aromatic nitrogens is 2. The summed E-state index contributed by atoms with van der Waals surface area (Å²) >= 11 is 0. The van der Waals surface area contributed by atoms with Gasteiger partial charge < -0.3 is 16.0 Å². The van der Waals surface area contributed by atoms with Crippen molar-refractivity contribution in [3.05, 3.63) is 90.0 Å². The Labute approximate surface area is 232 Å². The fraction of sp³-hybridized carbons (Fsp3) is 0.438. The second-order valence-electron chi connectivity index (χ2n) is 10.8.